The van der Waals surface area contributed by atoms with Gasteiger partial charge in [-0.2, -0.15) is 8.75 Å². The molecule has 2 aromatic rings. The maximum absolute atomic E-state index is 5.85. The van der Waals surface area contributed by atoms with E-state index in [9.17, 15) is 0 Å². The van der Waals surface area contributed by atoms with Crippen LogP contribution in [0, 0.1) is 0 Å². The summed E-state index contributed by atoms with van der Waals surface area (Å²) < 4.78 is 7.95. The second-order valence-electron chi connectivity index (χ2n) is 3.32. The van der Waals surface area contributed by atoms with Gasteiger partial charge in [0.05, 0.1) is 17.8 Å². The van der Waals surface area contributed by atoms with Gasteiger partial charge in [-0.25, -0.2) is 0 Å². The lowest BCUT2D eigenvalue weighted by Crippen LogP contribution is -2.06. The Bertz CT molecular complexity index is 469. The van der Waals surface area contributed by atoms with E-state index < -0.39 is 0 Å². The van der Waals surface area contributed by atoms with Gasteiger partial charge in [-0.3, -0.25) is 0 Å². The molecule has 1 aromatic carbocycles. The third-order valence-corrected chi connectivity index (χ3v) is 3.32. The minimum atomic E-state index is 0.110. The van der Waals surface area contributed by atoms with Crippen molar-refractivity contribution in [2.24, 2.45) is 0 Å². The average molecular weight is 274 g/mol. The number of anilines is 1. The summed E-state index contributed by atoms with van der Waals surface area (Å²) in [5, 5.41) is 4.32. The van der Waals surface area contributed by atoms with Crippen LogP contribution in [0.1, 0.15) is 18.5 Å². The molecule has 1 unspecified atom stereocenters. The highest BCUT2D eigenvalue weighted by Gasteiger charge is 2.10. The SMILES string of the molecule is CC(Nc1nsnc1Cl)c1ccc(Cl)cc1. The maximum atomic E-state index is 5.85. The van der Waals surface area contributed by atoms with Crippen LogP contribution in [0.5, 0.6) is 0 Å². The van der Waals surface area contributed by atoms with E-state index in [4.69, 9.17) is 23.2 Å². The van der Waals surface area contributed by atoms with Crippen LogP contribution in [0.2, 0.25) is 10.2 Å². The zero-order chi connectivity index (χ0) is 11.5. The van der Waals surface area contributed by atoms with E-state index in [1.807, 2.05) is 31.2 Å². The summed E-state index contributed by atoms with van der Waals surface area (Å²) in [5.41, 5.74) is 1.12. The van der Waals surface area contributed by atoms with Crippen LogP contribution in [-0.2, 0) is 0 Å². The summed E-state index contributed by atoms with van der Waals surface area (Å²) in [5.74, 6) is 0.620. The Labute approximate surface area is 108 Å². The van der Waals surface area contributed by atoms with Crippen LogP contribution >= 0.6 is 34.9 Å². The number of hydrogen-bond acceptors (Lipinski definition) is 4. The fraction of sp³-hybridized carbons (Fsp3) is 0.200. The molecule has 16 heavy (non-hydrogen) atoms. The molecule has 84 valence electrons. The van der Waals surface area contributed by atoms with Crippen LogP contribution in [0.25, 0.3) is 0 Å². The lowest BCUT2D eigenvalue weighted by molar-refractivity contribution is 0.879. The Hall–Kier alpha value is -0.840. The molecule has 0 aliphatic heterocycles. The van der Waals surface area contributed by atoms with Crippen molar-refractivity contribution in [3.8, 4) is 0 Å². The minimum Gasteiger partial charge on any atom is -0.360 e. The Kier molecular flexibility index (Phi) is 3.63. The van der Waals surface area contributed by atoms with Gasteiger partial charge in [-0.15, -0.1) is 0 Å². The summed E-state index contributed by atoms with van der Waals surface area (Å²) in [7, 11) is 0. The van der Waals surface area contributed by atoms with Gasteiger partial charge in [0, 0.05) is 5.02 Å². The minimum absolute atomic E-state index is 0.110. The first-order valence-corrected chi connectivity index (χ1v) is 6.15. The quantitative estimate of drug-likeness (QED) is 0.918. The van der Waals surface area contributed by atoms with E-state index in [1.165, 1.54) is 0 Å². The Balaban J connectivity index is 2.11. The van der Waals surface area contributed by atoms with E-state index in [0.717, 1.165) is 22.3 Å². The largest absolute Gasteiger partial charge is 0.360 e. The molecule has 6 heteroatoms. The summed E-state index contributed by atoms with van der Waals surface area (Å²) in [6.07, 6.45) is 0. The first-order chi connectivity index (χ1) is 7.66. The van der Waals surface area contributed by atoms with Gasteiger partial charge in [0.15, 0.2) is 11.0 Å². The van der Waals surface area contributed by atoms with Crippen LogP contribution < -0.4 is 5.32 Å². The van der Waals surface area contributed by atoms with E-state index in [0.29, 0.717) is 11.0 Å². The van der Waals surface area contributed by atoms with Crippen LogP contribution in [0.3, 0.4) is 0 Å². The van der Waals surface area contributed by atoms with Gasteiger partial charge in [-0.05, 0) is 24.6 Å². The van der Waals surface area contributed by atoms with E-state index in [1.54, 1.807) is 0 Å². The highest BCUT2D eigenvalue weighted by atomic mass is 35.5. The predicted octanol–water partition coefficient (Wildman–Crippen LogP) is 4.02. The van der Waals surface area contributed by atoms with Crippen molar-refractivity contribution < 1.29 is 0 Å². The molecule has 0 saturated heterocycles. The zero-order valence-electron chi connectivity index (χ0n) is 8.45. The summed E-state index contributed by atoms with van der Waals surface area (Å²) in [6, 6.07) is 7.76. The normalized spacial score (nSPS) is 12.4. The maximum Gasteiger partial charge on any atom is 0.186 e. The summed E-state index contributed by atoms with van der Waals surface area (Å²) in [6.45, 7) is 2.03. The lowest BCUT2D eigenvalue weighted by atomic mass is 10.1. The monoisotopic (exact) mass is 273 g/mol. The van der Waals surface area contributed by atoms with Crippen LogP contribution in [-0.4, -0.2) is 8.75 Å². The number of aromatic nitrogens is 2. The molecule has 0 aliphatic carbocycles. The number of hydrogen-bond donors (Lipinski definition) is 1. The smallest absolute Gasteiger partial charge is 0.186 e. The van der Waals surface area contributed by atoms with Crippen molar-refractivity contribution >= 4 is 40.7 Å². The second kappa shape index (κ2) is 4.99. The molecule has 1 N–H and O–H groups in total. The fourth-order valence-corrected chi connectivity index (χ4v) is 2.09. The molecule has 0 bridgehead atoms. The Morgan fingerprint density at radius 1 is 1.19 bits per heavy atom. The molecular weight excluding hydrogens is 265 g/mol. The average Bonchev–Trinajstić information content (AvgIpc) is 2.65. The van der Waals surface area contributed by atoms with Crippen molar-refractivity contribution in [1.82, 2.24) is 8.75 Å². The topological polar surface area (TPSA) is 37.8 Å². The number of rotatable bonds is 3. The second-order valence-corrected chi connectivity index (χ2v) is 4.64. The van der Waals surface area contributed by atoms with Crippen molar-refractivity contribution in [2.75, 3.05) is 5.32 Å². The molecule has 0 saturated carbocycles. The molecule has 1 heterocycles. The third kappa shape index (κ3) is 2.64. The van der Waals surface area contributed by atoms with Crippen LogP contribution in [0.15, 0.2) is 24.3 Å². The summed E-state index contributed by atoms with van der Waals surface area (Å²) in [4.78, 5) is 0. The van der Waals surface area contributed by atoms with Crippen molar-refractivity contribution in [1.29, 1.82) is 0 Å². The third-order valence-electron chi connectivity index (χ3n) is 2.17. The first-order valence-electron chi connectivity index (χ1n) is 4.67. The molecule has 1 atom stereocenters. The van der Waals surface area contributed by atoms with Crippen molar-refractivity contribution in [2.45, 2.75) is 13.0 Å². The molecule has 0 aliphatic rings. The number of benzene rings is 1. The highest BCUT2D eigenvalue weighted by molar-refractivity contribution is 6.99. The molecule has 3 nitrogen and oxygen atoms in total. The van der Waals surface area contributed by atoms with Gasteiger partial charge in [-0.1, -0.05) is 35.3 Å². The molecule has 2 rings (SSSR count). The van der Waals surface area contributed by atoms with Crippen molar-refractivity contribution in [3.63, 3.8) is 0 Å². The molecule has 0 spiro atoms. The zero-order valence-corrected chi connectivity index (χ0v) is 10.8. The molecule has 0 amide bonds. The van der Waals surface area contributed by atoms with Gasteiger partial charge in [0.2, 0.25) is 0 Å². The van der Waals surface area contributed by atoms with E-state index in [2.05, 4.69) is 14.1 Å². The number of halogens is 2. The van der Waals surface area contributed by atoms with Crippen LogP contribution in [0.4, 0.5) is 5.82 Å². The lowest BCUT2D eigenvalue weighted by Gasteiger charge is -2.13. The fourth-order valence-electron chi connectivity index (χ4n) is 1.30. The first kappa shape index (κ1) is 11.6. The van der Waals surface area contributed by atoms with E-state index >= 15 is 0 Å². The molecule has 1 aromatic heterocycles. The number of nitrogens with zero attached hydrogens (tertiary/aromatic N) is 2. The molecule has 0 radical (unpaired) electrons. The van der Waals surface area contributed by atoms with Crippen molar-refractivity contribution in [3.05, 3.63) is 40.0 Å². The molecule has 0 fully saturated rings. The van der Waals surface area contributed by atoms with E-state index in [-0.39, 0.29) is 6.04 Å². The predicted molar refractivity (Wildman–Crippen MR) is 68.4 cm³/mol. The Morgan fingerprint density at radius 2 is 1.88 bits per heavy atom. The van der Waals surface area contributed by atoms with Gasteiger partial charge >= 0.3 is 0 Å². The standard InChI is InChI=1S/C10H9Cl2N3S/c1-6(7-2-4-8(11)5-3-7)13-10-9(12)14-16-15-10/h2-6H,1H3,(H,13,15). The Morgan fingerprint density at radius 3 is 2.44 bits per heavy atom. The molecular formula is C10H9Cl2N3S. The highest BCUT2D eigenvalue weighted by Crippen LogP contribution is 2.24. The number of nitrogens with one attached hydrogen (secondary N) is 1. The summed E-state index contributed by atoms with van der Waals surface area (Å²) >= 11 is 12.8. The van der Waals surface area contributed by atoms with Gasteiger partial charge in [0.1, 0.15) is 0 Å². The van der Waals surface area contributed by atoms with Gasteiger partial charge in [0.25, 0.3) is 0 Å². The van der Waals surface area contributed by atoms with Gasteiger partial charge < -0.3 is 5.32 Å².